The zero-order chi connectivity index (χ0) is 24.8. The molecule has 3 aliphatic rings. The van der Waals surface area contributed by atoms with E-state index in [2.05, 4.69) is 41.4 Å². The van der Waals surface area contributed by atoms with Gasteiger partial charge in [-0.3, -0.25) is 14.5 Å². The lowest BCUT2D eigenvalue weighted by atomic mass is 9.81. The molecule has 35 heavy (non-hydrogen) atoms. The van der Waals surface area contributed by atoms with Crippen molar-refractivity contribution in [1.82, 2.24) is 15.1 Å². The van der Waals surface area contributed by atoms with Gasteiger partial charge in [0, 0.05) is 45.2 Å². The van der Waals surface area contributed by atoms with Crippen molar-refractivity contribution in [3.63, 3.8) is 0 Å². The lowest BCUT2D eigenvalue weighted by molar-refractivity contribution is -0.139. The summed E-state index contributed by atoms with van der Waals surface area (Å²) in [4.78, 5) is 30.9. The summed E-state index contributed by atoms with van der Waals surface area (Å²) >= 11 is 0. The van der Waals surface area contributed by atoms with Crippen molar-refractivity contribution < 1.29 is 14.3 Å². The van der Waals surface area contributed by atoms with E-state index in [0.717, 1.165) is 45.3 Å². The van der Waals surface area contributed by atoms with Gasteiger partial charge in [-0.15, -0.1) is 0 Å². The number of ether oxygens (including phenoxy) is 1. The summed E-state index contributed by atoms with van der Waals surface area (Å²) in [5.74, 6) is 1.35. The molecule has 3 N–H and O–H groups in total. The van der Waals surface area contributed by atoms with Gasteiger partial charge in [0.05, 0.1) is 6.61 Å². The molecule has 4 unspecified atom stereocenters. The van der Waals surface area contributed by atoms with Gasteiger partial charge in [0.2, 0.25) is 11.8 Å². The third kappa shape index (κ3) is 6.83. The lowest BCUT2D eigenvalue weighted by Crippen LogP contribution is -2.47. The van der Waals surface area contributed by atoms with Crippen LogP contribution >= 0.6 is 0 Å². The molecular weight excluding hydrogens is 440 g/mol. The van der Waals surface area contributed by atoms with Gasteiger partial charge in [0.15, 0.2) is 0 Å². The molecular formula is C28H44N4O3. The smallest absolute Gasteiger partial charge is 0.242 e. The van der Waals surface area contributed by atoms with Crippen LogP contribution in [0.25, 0.3) is 0 Å². The Bertz CT molecular complexity index is 858. The molecule has 1 saturated heterocycles. The van der Waals surface area contributed by atoms with Crippen LogP contribution in [0.4, 0.5) is 0 Å². The standard InChI is InChI=1S/C28H44N4O3/c1-20-6-3-4-9-24(20)18-31(12-13-35-2)25-15-26(32(19-25)28(34)23-10-11-23)27(33)30-17-22-8-5-7-21(14-22)16-29/h3-4,6,9,21-23,25-26H,5,7-8,10-19,29H2,1-2H3,(H,30,33). The van der Waals surface area contributed by atoms with Gasteiger partial charge in [-0.25, -0.2) is 0 Å². The number of nitrogens with zero attached hydrogens (tertiary/aromatic N) is 2. The fourth-order valence-electron chi connectivity index (χ4n) is 5.91. The Morgan fingerprint density at radius 2 is 1.91 bits per heavy atom. The van der Waals surface area contributed by atoms with Crippen molar-refractivity contribution in [2.75, 3.05) is 39.9 Å². The molecule has 194 valence electrons. The number of carbonyl (C=O) groups excluding carboxylic acids is 2. The van der Waals surface area contributed by atoms with Crippen molar-refractivity contribution in [3.8, 4) is 0 Å². The number of amides is 2. The molecule has 2 saturated carbocycles. The molecule has 1 aromatic rings. The molecule has 2 aliphatic carbocycles. The van der Waals surface area contributed by atoms with Crippen LogP contribution in [0.5, 0.6) is 0 Å². The third-order valence-electron chi connectivity index (χ3n) is 8.31. The molecule has 7 nitrogen and oxygen atoms in total. The van der Waals surface area contributed by atoms with E-state index in [1.54, 1.807) is 7.11 Å². The molecule has 0 radical (unpaired) electrons. The van der Waals surface area contributed by atoms with E-state index in [0.29, 0.717) is 38.0 Å². The molecule has 0 spiro atoms. The Morgan fingerprint density at radius 3 is 2.63 bits per heavy atom. The highest BCUT2D eigenvalue weighted by Crippen LogP contribution is 2.35. The van der Waals surface area contributed by atoms with Crippen molar-refractivity contribution in [2.45, 2.75) is 70.5 Å². The summed E-state index contributed by atoms with van der Waals surface area (Å²) < 4.78 is 5.41. The number of hydrogen-bond acceptors (Lipinski definition) is 5. The van der Waals surface area contributed by atoms with Crippen LogP contribution in [-0.2, 0) is 20.9 Å². The number of likely N-dealkylation sites (tertiary alicyclic amines) is 1. The van der Waals surface area contributed by atoms with E-state index in [4.69, 9.17) is 10.5 Å². The number of benzene rings is 1. The molecule has 1 aliphatic heterocycles. The highest BCUT2D eigenvalue weighted by Gasteiger charge is 2.45. The van der Waals surface area contributed by atoms with Crippen LogP contribution in [0.15, 0.2) is 24.3 Å². The van der Waals surface area contributed by atoms with Gasteiger partial charge >= 0.3 is 0 Å². The van der Waals surface area contributed by atoms with Gasteiger partial charge in [-0.1, -0.05) is 30.7 Å². The van der Waals surface area contributed by atoms with Crippen LogP contribution in [0.1, 0.15) is 56.1 Å². The monoisotopic (exact) mass is 484 g/mol. The first-order chi connectivity index (χ1) is 17.0. The molecule has 7 heteroatoms. The Labute approximate surface area is 210 Å². The molecule has 2 amide bonds. The number of hydrogen-bond donors (Lipinski definition) is 2. The van der Waals surface area contributed by atoms with E-state index in [1.807, 2.05) is 4.90 Å². The second-order valence-electron chi connectivity index (χ2n) is 10.9. The Balaban J connectivity index is 1.44. The SMILES string of the molecule is COCCN(Cc1ccccc1C)C1CC(C(=O)NCC2CCCC(CN)C2)N(C(=O)C2CC2)C1. The predicted octanol–water partition coefficient (Wildman–Crippen LogP) is 2.70. The average molecular weight is 485 g/mol. The number of nitrogens with one attached hydrogen (secondary N) is 1. The van der Waals surface area contributed by atoms with Gasteiger partial charge < -0.3 is 20.7 Å². The summed E-state index contributed by atoms with van der Waals surface area (Å²) in [6.45, 7) is 6.37. The van der Waals surface area contributed by atoms with Crippen molar-refractivity contribution >= 4 is 11.8 Å². The zero-order valence-corrected chi connectivity index (χ0v) is 21.6. The maximum atomic E-state index is 13.4. The van der Waals surface area contributed by atoms with Crippen molar-refractivity contribution in [1.29, 1.82) is 0 Å². The van der Waals surface area contributed by atoms with Crippen molar-refractivity contribution in [2.24, 2.45) is 23.5 Å². The normalized spacial score (nSPS) is 26.8. The van der Waals surface area contributed by atoms with E-state index >= 15 is 0 Å². The summed E-state index contributed by atoms with van der Waals surface area (Å²) in [6, 6.07) is 8.19. The van der Waals surface area contributed by atoms with Crippen LogP contribution in [-0.4, -0.2) is 73.6 Å². The molecule has 4 atom stereocenters. The maximum absolute atomic E-state index is 13.4. The van der Waals surface area contributed by atoms with Gasteiger partial charge in [-0.05, 0) is 75.0 Å². The highest BCUT2D eigenvalue weighted by atomic mass is 16.5. The minimum atomic E-state index is -0.385. The zero-order valence-electron chi connectivity index (χ0n) is 21.6. The summed E-state index contributed by atoms with van der Waals surface area (Å²) in [6.07, 6.45) is 7.21. The summed E-state index contributed by atoms with van der Waals surface area (Å²) in [7, 11) is 1.72. The minimum Gasteiger partial charge on any atom is -0.383 e. The molecule has 0 bridgehead atoms. The molecule has 3 fully saturated rings. The molecule has 0 aromatic heterocycles. The fourth-order valence-corrected chi connectivity index (χ4v) is 5.91. The van der Waals surface area contributed by atoms with Crippen LogP contribution in [0.3, 0.4) is 0 Å². The van der Waals surface area contributed by atoms with E-state index < -0.39 is 0 Å². The molecule has 1 heterocycles. The van der Waals surface area contributed by atoms with Crippen LogP contribution in [0, 0.1) is 24.7 Å². The molecule has 1 aromatic carbocycles. The van der Waals surface area contributed by atoms with E-state index in [9.17, 15) is 9.59 Å². The predicted molar refractivity (Wildman–Crippen MR) is 138 cm³/mol. The number of aryl methyl sites for hydroxylation is 1. The first kappa shape index (κ1) is 26.1. The second kappa shape index (κ2) is 12.3. The number of methoxy groups -OCH3 is 1. The molecule has 4 rings (SSSR count). The topological polar surface area (TPSA) is 87.9 Å². The van der Waals surface area contributed by atoms with Gasteiger partial charge in [-0.2, -0.15) is 0 Å². The first-order valence-corrected chi connectivity index (χ1v) is 13.6. The van der Waals surface area contributed by atoms with E-state index in [1.165, 1.54) is 24.0 Å². The number of carbonyl (C=O) groups is 2. The van der Waals surface area contributed by atoms with E-state index in [-0.39, 0.29) is 29.8 Å². The Morgan fingerprint density at radius 1 is 1.14 bits per heavy atom. The Hall–Kier alpha value is -1.96. The average Bonchev–Trinajstić information content (AvgIpc) is 3.64. The maximum Gasteiger partial charge on any atom is 0.242 e. The first-order valence-electron chi connectivity index (χ1n) is 13.6. The minimum absolute atomic E-state index is 0.0129. The fraction of sp³-hybridized carbons (Fsp3) is 0.714. The lowest BCUT2D eigenvalue weighted by Gasteiger charge is -2.29. The van der Waals surface area contributed by atoms with Gasteiger partial charge in [0.25, 0.3) is 0 Å². The summed E-state index contributed by atoms with van der Waals surface area (Å²) in [5, 5.41) is 3.23. The largest absolute Gasteiger partial charge is 0.383 e. The van der Waals surface area contributed by atoms with Crippen LogP contribution in [0.2, 0.25) is 0 Å². The Kier molecular flexibility index (Phi) is 9.20. The second-order valence-corrected chi connectivity index (χ2v) is 10.9. The summed E-state index contributed by atoms with van der Waals surface area (Å²) in [5.41, 5.74) is 8.45. The number of rotatable bonds is 11. The van der Waals surface area contributed by atoms with Crippen LogP contribution < -0.4 is 11.1 Å². The highest BCUT2D eigenvalue weighted by molar-refractivity contribution is 5.90. The number of nitrogens with two attached hydrogens (primary N) is 1. The van der Waals surface area contributed by atoms with Gasteiger partial charge in [0.1, 0.15) is 6.04 Å². The third-order valence-corrected chi connectivity index (χ3v) is 8.31. The quantitative estimate of drug-likeness (QED) is 0.504. The van der Waals surface area contributed by atoms with Crippen molar-refractivity contribution in [3.05, 3.63) is 35.4 Å².